The fourth-order valence-electron chi connectivity index (χ4n) is 4.16. The highest BCUT2D eigenvalue weighted by atomic mass is 16.7. The molecule has 1 unspecified atom stereocenters. The highest BCUT2D eigenvalue weighted by molar-refractivity contribution is 6.08. The van der Waals surface area contributed by atoms with E-state index in [-0.39, 0.29) is 28.5 Å². The lowest BCUT2D eigenvalue weighted by atomic mass is 9.98. The fourth-order valence-corrected chi connectivity index (χ4v) is 4.16. The Morgan fingerprint density at radius 1 is 1.03 bits per heavy atom. The average Bonchev–Trinajstić information content (AvgIpc) is 2.96. The maximum absolute atomic E-state index is 13.0. The molecule has 4 N–H and O–H groups in total. The summed E-state index contributed by atoms with van der Waals surface area (Å²) < 4.78 is 21.7. The summed E-state index contributed by atoms with van der Waals surface area (Å²) in [6.45, 7) is -0.443. The van der Waals surface area contributed by atoms with Crippen molar-refractivity contribution >= 4 is 11.8 Å². The van der Waals surface area contributed by atoms with Gasteiger partial charge in [0.15, 0.2) is 5.78 Å². The van der Waals surface area contributed by atoms with Gasteiger partial charge in [0.1, 0.15) is 53.8 Å². The molecular weight excluding hydrogens is 508 g/mol. The van der Waals surface area contributed by atoms with Crippen molar-refractivity contribution in [2.24, 2.45) is 5.92 Å². The zero-order valence-electron chi connectivity index (χ0n) is 21.1. The molecule has 2 aromatic carbocycles. The molecule has 1 fully saturated rings. The number of methoxy groups -OCH3 is 1. The molecule has 39 heavy (non-hydrogen) atoms. The van der Waals surface area contributed by atoms with Crippen molar-refractivity contribution in [2.45, 2.75) is 37.1 Å². The number of rotatable bonds is 9. The second-order valence-corrected chi connectivity index (χ2v) is 9.04. The average molecular weight is 539 g/mol. The zero-order chi connectivity index (χ0) is 27.9. The van der Waals surface area contributed by atoms with Crippen LogP contribution in [-0.2, 0) is 14.2 Å². The number of phenolic OH excluding ortho intramolecular Hbond substituents is 1. The minimum absolute atomic E-state index is 0.0532. The zero-order valence-corrected chi connectivity index (χ0v) is 21.1. The number of benzene rings is 2. The minimum Gasteiger partial charge on any atom is -0.507 e. The molecule has 4 rings (SSSR count). The van der Waals surface area contributed by atoms with E-state index in [2.05, 4.69) is 0 Å². The number of hydrogen-bond donors (Lipinski definition) is 4. The number of esters is 1. The van der Waals surface area contributed by atoms with E-state index in [1.54, 1.807) is 49.6 Å². The van der Waals surface area contributed by atoms with Crippen molar-refractivity contribution in [1.82, 2.24) is 0 Å². The SMILES string of the molecule is COC1=CCC(C=CC(=O)c2c(O)cccc2O[C@@H]2O[C@H](COC(=O)c3ccccc3)[C@@H](O)[C@H](O)[C@H]2O)C=C1. The monoisotopic (exact) mass is 538 g/mol. The van der Waals surface area contributed by atoms with Gasteiger partial charge in [-0.1, -0.05) is 36.4 Å². The van der Waals surface area contributed by atoms with Crippen molar-refractivity contribution in [1.29, 1.82) is 0 Å². The third-order valence-electron chi connectivity index (χ3n) is 6.38. The summed E-state index contributed by atoms with van der Waals surface area (Å²) in [5, 5.41) is 41.7. The first-order chi connectivity index (χ1) is 18.8. The fraction of sp³-hybridized carbons (Fsp3) is 0.310. The summed E-state index contributed by atoms with van der Waals surface area (Å²) >= 11 is 0. The van der Waals surface area contributed by atoms with Crippen LogP contribution in [0.4, 0.5) is 0 Å². The number of aliphatic hydroxyl groups excluding tert-OH is 3. The third-order valence-corrected chi connectivity index (χ3v) is 6.38. The Morgan fingerprint density at radius 2 is 1.79 bits per heavy atom. The highest BCUT2D eigenvalue weighted by Gasteiger charge is 2.45. The van der Waals surface area contributed by atoms with Gasteiger partial charge >= 0.3 is 5.97 Å². The Balaban J connectivity index is 1.46. The first-order valence-corrected chi connectivity index (χ1v) is 12.3. The summed E-state index contributed by atoms with van der Waals surface area (Å²) in [5.41, 5.74) is 0.108. The summed E-state index contributed by atoms with van der Waals surface area (Å²) in [7, 11) is 1.57. The van der Waals surface area contributed by atoms with Gasteiger partial charge in [0.25, 0.3) is 0 Å². The maximum atomic E-state index is 13.0. The molecule has 206 valence electrons. The number of ether oxygens (including phenoxy) is 4. The Labute approximate surface area is 225 Å². The van der Waals surface area contributed by atoms with Crippen LogP contribution in [0.1, 0.15) is 27.1 Å². The van der Waals surface area contributed by atoms with Crippen LogP contribution in [0.2, 0.25) is 0 Å². The summed E-state index contributed by atoms with van der Waals surface area (Å²) in [5.74, 6) is -1.02. The summed E-state index contributed by atoms with van der Waals surface area (Å²) in [6.07, 6.45) is 1.39. The maximum Gasteiger partial charge on any atom is 0.338 e. The number of carbonyl (C=O) groups is 2. The molecule has 1 aliphatic heterocycles. The molecule has 1 heterocycles. The van der Waals surface area contributed by atoms with Crippen molar-refractivity contribution in [2.75, 3.05) is 13.7 Å². The van der Waals surface area contributed by atoms with E-state index >= 15 is 0 Å². The molecule has 2 aliphatic rings. The first-order valence-electron chi connectivity index (χ1n) is 12.3. The van der Waals surface area contributed by atoms with E-state index < -0.39 is 49.1 Å². The van der Waals surface area contributed by atoms with Crippen LogP contribution in [-0.4, -0.2) is 76.6 Å². The molecule has 1 saturated heterocycles. The standard InChI is InChI=1S/C29H30O10/c1-36-19-13-10-17(11-14-19)12-15-21(31)24-20(30)8-5-9-22(24)38-29-27(34)26(33)25(32)23(39-29)16-37-28(35)18-6-3-2-4-7-18/h2-10,12-15,17,23,25-27,29-30,32-34H,11,16H2,1H3/t17?,23-,25-,26+,27-,29-/m1/s1. The topological polar surface area (TPSA) is 152 Å². The molecule has 0 radical (unpaired) electrons. The first kappa shape index (κ1) is 28.1. The molecule has 0 spiro atoms. The van der Waals surface area contributed by atoms with Crippen molar-refractivity contribution in [3.8, 4) is 11.5 Å². The predicted molar refractivity (Wildman–Crippen MR) is 138 cm³/mol. The Hall–Kier alpha value is -3.96. The van der Waals surface area contributed by atoms with E-state index in [1.165, 1.54) is 24.3 Å². The molecule has 0 saturated carbocycles. The van der Waals surface area contributed by atoms with Gasteiger partial charge in [-0.15, -0.1) is 0 Å². The molecule has 10 heteroatoms. The van der Waals surface area contributed by atoms with Crippen LogP contribution >= 0.6 is 0 Å². The number of hydrogen-bond acceptors (Lipinski definition) is 10. The van der Waals surface area contributed by atoms with Crippen LogP contribution in [0.15, 0.2) is 84.7 Å². The van der Waals surface area contributed by atoms with Gasteiger partial charge in [-0.2, -0.15) is 0 Å². The second kappa shape index (κ2) is 12.7. The summed E-state index contributed by atoms with van der Waals surface area (Å²) in [6, 6.07) is 12.3. The third kappa shape index (κ3) is 6.73. The lowest BCUT2D eigenvalue weighted by Crippen LogP contribution is -2.60. The minimum atomic E-state index is -1.71. The predicted octanol–water partition coefficient (Wildman–Crippen LogP) is 2.28. The van der Waals surface area contributed by atoms with Gasteiger partial charge in [-0.3, -0.25) is 4.79 Å². The van der Waals surface area contributed by atoms with E-state index in [9.17, 15) is 30.0 Å². The second-order valence-electron chi connectivity index (χ2n) is 9.04. The van der Waals surface area contributed by atoms with E-state index in [0.29, 0.717) is 6.42 Å². The number of ketones is 1. The largest absolute Gasteiger partial charge is 0.507 e. The van der Waals surface area contributed by atoms with Crippen LogP contribution in [0, 0.1) is 5.92 Å². The summed E-state index contributed by atoms with van der Waals surface area (Å²) in [4.78, 5) is 25.3. The highest BCUT2D eigenvalue weighted by Crippen LogP contribution is 2.32. The molecular formula is C29H30O10. The van der Waals surface area contributed by atoms with Crippen molar-refractivity contribution < 1.29 is 49.0 Å². The van der Waals surface area contributed by atoms with Crippen molar-refractivity contribution in [3.05, 3.63) is 95.8 Å². The lowest BCUT2D eigenvalue weighted by Gasteiger charge is -2.40. The number of allylic oxidation sites excluding steroid dienone is 5. The van der Waals surface area contributed by atoms with E-state index in [4.69, 9.17) is 18.9 Å². The smallest absolute Gasteiger partial charge is 0.338 e. The molecule has 1 aliphatic carbocycles. The molecule has 6 atom stereocenters. The number of phenols is 1. The lowest BCUT2D eigenvalue weighted by molar-refractivity contribution is -0.277. The van der Waals surface area contributed by atoms with Gasteiger partial charge < -0.3 is 39.4 Å². The van der Waals surface area contributed by atoms with Crippen LogP contribution in [0.25, 0.3) is 0 Å². The van der Waals surface area contributed by atoms with Gasteiger partial charge in [0, 0.05) is 0 Å². The van der Waals surface area contributed by atoms with Crippen LogP contribution in [0.5, 0.6) is 11.5 Å². The molecule has 0 bridgehead atoms. The number of aromatic hydroxyl groups is 1. The van der Waals surface area contributed by atoms with E-state index in [1.807, 2.05) is 12.2 Å². The van der Waals surface area contributed by atoms with Crippen molar-refractivity contribution in [3.63, 3.8) is 0 Å². The van der Waals surface area contributed by atoms with Gasteiger partial charge in [-0.05, 0) is 54.8 Å². The molecule has 0 amide bonds. The Morgan fingerprint density at radius 3 is 2.49 bits per heavy atom. The van der Waals surface area contributed by atoms with Crippen LogP contribution < -0.4 is 4.74 Å². The van der Waals surface area contributed by atoms with Gasteiger partial charge in [0.05, 0.1) is 12.7 Å². The van der Waals surface area contributed by atoms with Crippen LogP contribution in [0.3, 0.4) is 0 Å². The molecule has 2 aromatic rings. The normalized spacial score (nSPS) is 26.6. The number of carbonyl (C=O) groups excluding carboxylic acids is 2. The van der Waals surface area contributed by atoms with E-state index in [0.717, 1.165) is 5.76 Å². The molecule has 0 aromatic heterocycles. The quantitative estimate of drug-likeness (QED) is 0.213. The van der Waals surface area contributed by atoms with Gasteiger partial charge in [0.2, 0.25) is 6.29 Å². The number of aliphatic hydroxyl groups is 3. The van der Waals surface area contributed by atoms with Gasteiger partial charge in [-0.25, -0.2) is 4.79 Å². The Kier molecular flexibility index (Phi) is 9.15. The Bertz CT molecular complexity index is 1250. The molecule has 10 nitrogen and oxygen atoms in total.